The van der Waals surface area contributed by atoms with Crippen LogP contribution in [0.4, 0.5) is 0 Å². The summed E-state index contributed by atoms with van der Waals surface area (Å²) in [5, 5.41) is 3.29. The normalized spacial score (nSPS) is 20.9. The summed E-state index contributed by atoms with van der Waals surface area (Å²) in [4.78, 5) is 25.1. The van der Waals surface area contributed by atoms with Gasteiger partial charge in [-0.3, -0.25) is 9.47 Å². The molecule has 2 aliphatic heterocycles. The van der Waals surface area contributed by atoms with Gasteiger partial charge in [0, 0.05) is 49.8 Å². The Hall–Kier alpha value is -1.96. The summed E-state index contributed by atoms with van der Waals surface area (Å²) in [5.74, 6) is 0. The molecule has 7 heteroatoms. The maximum atomic E-state index is 12.5. The molecule has 2 aromatic heterocycles. The Kier molecular flexibility index (Phi) is 5.05. The first-order chi connectivity index (χ1) is 13.8. The van der Waals surface area contributed by atoms with Crippen LogP contribution in [-0.2, 0) is 6.54 Å². The Morgan fingerprint density at radius 3 is 2.54 bits per heavy atom. The molecule has 2 fully saturated rings. The van der Waals surface area contributed by atoms with Crippen molar-refractivity contribution in [2.75, 3.05) is 26.2 Å². The van der Waals surface area contributed by atoms with E-state index in [2.05, 4.69) is 31.2 Å². The van der Waals surface area contributed by atoms with Crippen molar-refractivity contribution in [3.05, 3.63) is 51.3 Å². The van der Waals surface area contributed by atoms with Crippen molar-refractivity contribution in [2.24, 2.45) is 0 Å². The molecule has 148 valence electrons. The molecule has 2 saturated heterocycles. The minimum absolute atomic E-state index is 0.0372. The third kappa shape index (κ3) is 3.54. The number of thiazole rings is 1. The summed E-state index contributed by atoms with van der Waals surface area (Å²) >= 11 is 1.75. The van der Waals surface area contributed by atoms with Gasteiger partial charge < -0.3 is 9.88 Å². The van der Waals surface area contributed by atoms with Gasteiger partial charge in [0.15, 0.2) is 0 Å². The van der Waals surface area contributed by atoms with Gasteiger partial charge in [-0.25, -0.2) is 9.78 Å². The Morgan fingerprint density at radius 1 is 1.04 bits per heavy atom. The quantitative estimate of drug-likeness (QED) is 0.735. The highest BCUT2D eigenvalue weighted by molar-refractivity contribution is 7.09. The second-order valence-corrected chi connectivity index (χ2v) is 9.00. The largest absolute Gasteiger partial charge is 0.326 e. The van der Waals surface area contributed by atoms with E-state index in [1.807, 2.05) is 29.0 Å². The molecule has 0 spiro atoms. The fourth-order valence-electron chi connectivity index (χ4n) is 4.91. The zero-order valence-electron chi connectivity index (χ0n) is 16.1. The van der Waals surface area contributed by atoms with E-state index in [9.17, 15) is 4.79 Å². The molecular weight excluding hydrogens is 370 g/mol. The van der Waals surface area contributed by atoms with Crippen LogP contribution in [0.25, 0.3) is 11.0 Å². The third-order valence-corrected chi connectivity index (χ3v) is 7.17. The van der Waals surface area contributed by atoms with Crippen LogP contribution in [0.2, 0.25) is 0 Å². The van der Waals surface area contributed by atoms with Crippen LogP contribution >= 0.6 is 11.3 Å². The van der Waals surface area contributed by atoms with Crippen molar-refractivity contribution >= 4 is 22.4 Å². The topological polar surface area (TPSA) is 57.2 Å². The zero-order valence-corrected chi connectivity index (χ0v) is 16.9. The molecule has 2 aliphatic rings. The number of rotatable bonds is 4. The van der Waals surface area contributed by atoms with E-state index in [0.29, 0.717) is 12.1 Å². The fourth-order valence-corrected chi connectivity index (χ4v) is 5.57. The highest BCUT2D eigenvalue weighted by atomic mass is 32.1. The molecule has 3 aromatic rings. The van der Waals surface area contributed by atoms with Gasteiger partial charge in [0.25, 0.3) is 0 Å². The number of benzene rings is 1. The van der Waals surface area contributed by atoms with Crippen LogP contribution in [-0.4, -0.2) is 56.6 Å². The van der Waals surface area contributed by atoms with Crippen molar-refractivity contribution in [1.29, 1.82) is 0 Å². The number of piperidine rings is 2. The van der Waals surface area contributed by atoms with Crippen LogP contribution < -0.4 is 5.69 Å². The van der Waals surface area contributed by atoms with Gasteiger partial charge in [-0.15, -0.1) is 11.3 Å². The minimum atomic E-state index is 0.0372. The fraction of sp³-hybridized carbons (Fsp3) is 0.524. The molecule has 0 saturated carbocycles. The predicted molar refractivity (Wildman–Crippen MR) is 113 cm³/mol. The Bertz CT molecular complexity index is 962. The standard InChI is InChI=1S/C21H27N5OS/c27-21-23-18-3-1-2-4-19(18)26(21)17-7-12-25(13-8-17)16-5-10-24(11-6-16)15-20-22-9-14-28-20/h1-4,9,14,16-17H,5-8,10-13,15H2,(H,23,27). The van der Waals surface area contributed by atoms with E-state index in [1.165, 1.54) is 17.8 Å². The smallest absolute Gasteiger partial charge is 0.306 e. The molecule has 0 unspecified atom stereocenters. The second-order valence-electron chi connectivity index (χ2n) is 8.02. The summed E-state index contributed by atoms with van der Waals surface area (Å²) < 4.78 is 1.99. The van der Waals surface area contributed by atoms with Gasteiger partial charge in [0.05, 0.1) is 17.6 Å². The van der Waals surface area contributed by atoms with Crippen molar-refractivity contribution in [2.45, 2.75) is 44.3 Å². The molecule has 1 aromatic carbocycles. The van der Waals surface area contributed by atoms with E-state index >= 15 is 0 Å². The minimum Gasteiger partial charge on any atom is -0.306 e. The summed E-state index contributed by atoms with van der Waals surface area (Å²) in [6.45, 7) is 5.50. The number of likely N-dealkylation sites (tertiary alicyclic amines) is 2. The number of imidazole rings is 1. The Labute approximate surface area is 168 Å². The van der Waals surface area contributed by atoms with Crippen molar-refractivity contribution in [3.63, 3.8) is 0 Å². The maximum absolute atomic E-state index is 12.5. The summed E-state index contributed by atoms with van der Waals surface area (Å²) in [6, 6.07) is 9.03. The van der Waals surface area contributed by atoms with E-state index in [4.69, 9.17) is 0 Å². The molecular formula is C21H27N5OS. The van der Waals surface area contributed by atoms with Crippen molar-refractivity contribution in [1.82, 2.24) is 24.3 Å². The number of aromatic amines is 1. The number of nitrogens with one attached hydrogen (secondary N) is 1. The van der Waals surface area contributed by atoms with Crippen LogP contribution in [0, 0.1) is 0 Å². The predicted octanol–water partition coefficient (Wildman–Crippen LogP) is 3.09. The zero-order chi connectivity index (χ0) is 18.9. The van der Waals surface area contributed by atoms with Crippen LogP contribution in [0.15, 0.2) is 40.6 Å². The van der Waals surface area contributed by atoms with Crippen LogP contribution in [0.1, 0.15) is 36.7 Å². The highest BCUT2D eigenvalue weighted by Gasteiger charge is 2.30. The van der Waals surface area contributed by atoms with Crippen molar-refractivity contribution < 1.29 is 0 Å². The van der Waals surface area contributed by atoms with Gasteiger partial charge in [-0.05, 0) is 37.8 Å². The lowest BCUT2D eigenvalue weighted by Crippen LogP contribution is -2.48. The average Bonchev–Trinajstić information content (AvgIpc) is 3.35. The molecule has 28 heavy (non-hydrogen) atoms. The Balaban J connectivity index is 1.18. The van der Waals surface area contributed by atoms with Gasteiger partial charge in [-0.2, -0.15) is 0 Å². The monoisotopic (exact) mass is 397 g/mol. The molecule has 4 heterocycles. The molecule has 0 radical (unpaired) electrons. The van der Waals surface area contributed by atoms with Crippen LogP contribution in [0.3, 0.4) is 0 Å². The first kappa shape index (κ1) is 18.1. The number of fused-ring (bicyclic) bond motifs is 1. The lowest BCUT2D eigenvalue weighted by molar-refractivity contribution is 0.0769. The van der Waals surface area contributed by atoms with Crippen LogP contribution in [0.5, 0.6) is 0 Å². The van der Waals surface area contributed by atoms with Gasteiger partial charge >= 0.3 is 5.69 Å². The number of hydrogen-bond acceptors (Lipinski definition) is 5. The first-order valence-corrected chi connectivity index (χ1v) is 11.2. The van der Waals surface area contributed by atoms with Gasteiger partial charge in [0.2, 0.25) is 0 Å². The van der Waals surface area contributed by atoms with Gasteiger partial charge in [0.1, 0.15) is 5.01 Å². The molecule has 5 rings (SSSR count). The summed E-state index contributed by atoms with van der Waals surface area (Å²) in [5.41, 5.74) is 2.03. The lowest BCUT2D eigenvalue weighted by Gasteiger charge is -2.41. The average molecular weight is 398 g/mol. The maximum Gasteiger partial charge on any atom is 0.326 e. The Morgan fingerprint density at radius 2 is 1.79 bits per heavy atom. The highest BCUT2D eigenvalue weighted by Crippen LogP contribution is 2.28. The lowest BCUT2D eigenvalue weighted by atomic mass is 9.97. The molecule has 0 bridgehead atoms. The van der Waals surface area contributed by atoms with Crippen molar-refractivity contribution in [3.8, 4) is 0 Å². The molecule has 0 aliphatic carbocycles. The second kappa shape index (κ2) is 7.81. The molecule has 0 amide bonds. The number of para-hydroxylation sites is 2. The molecule has 6 nitrogen and oxygen atoms in total. The van der Waals surface area contributed by atoms with Gasteiger partial charge in [-0.1, -0.05) is 12.1 Å². The van der Waals surface area contributed by atoms with E-state index in [0.717, 1.165) is 56.6 Å². The number of hydrogen-bond donors (Lipinski definition) is 1. The summed E-state index contributed by atoms with van der Waals surface area (Å²) in [7, 11) is 0. The van der Waals surface area contributed by atoms with E-state index in [1.54, 1.807) is 11.3 Å². The molecule has 0 atom stereocenters. The number of H-pyrrole nitrogens is 1. The summed E-state index contributed by atoms with van der Waals surface area (Å²) in [6.07, 6.45) is 6.49. The van der Waals surface area contributed by atoms with E-state index in [-0.39, 0.29) is 5.69 Å². The first-order valence-electron chi connectivity index (χ1n) is 10.3. The SMILES string of the molecule is O=c1[nH]c2ccccc2n1C1CCN(C2CCN(Cc3nccs3)CC2)CC1. The third-order valence-electron chi connectivity index (χ3n) is 6.40. The molecule has 1 N–H and O–H groups in total. The number of nitrogens with zero attached hydrogens (tertiary/aromatic N) is 4. The number of aromatic nitrogens is 3. The van der Waals surface area contributed by atoms with E-state index < -0.39 is 0 Å².